The molecule has 1 aliphatic carbocycles. The van der Waals surface area contributed by atoms with E-state index in [9.17, 15) is 18.3 Å². The first-order valence-electron chi connectivity index (χ1n) is 13.1. The molecule has 2 aliphatic heterocycles. The fourth-order valence-corrected chi connectivity index (χ4v) is 6.34. The number of imidazole rings is 1. The van der Waals surface area contributed by atoms with Gasteiger partial charge in [-0.25, -0.2) is 32.5 Å². The Bertz CT molecular complexity index is 1670. The van der Waals surface area contributed by atoms with Crippen molar-refractivity contribution in [1.29, 1.82) is 0 Å². The molecule has 15 heteroatoms. The van der Waals surface area contributed by atoms with E-state index in [0.29, 0.717) is 41.8 Å². The number of rotatable bonds is 8. The number of nitrogens with two attached hydrogens (primary N) is 2. The normalized spacial score (nSPS) is 22.4. The summed E-state index contributed by atoms with van der Waals surface area (Å²) in [7, 11) is 2.59. The van der Waals surface area contributed by atoms with Crippen molar-refractivity contribution in [3.8, 4) is 22.8 Å². The summed E-state index contributed by atoms with van der Waals surface area (Å²) in [5.74, 6) is -1.89. The van der Waals surface area contributed by atoms with Crippen LogP contribution in [0, 0.1) is 17.6 Å². The lowest BCUT2D eigenvalue weighted by molar-refractivity contribution is -0.120. The number of aromatic nitrogens is 5. The van der Waals surface area contributed by atoms with E-state index in [4.69, 9.17) is 20.9 Å². The summed E-state index contributed by atoms with van der Waals surface area (Å²) in [6, 6.07) is 1.24. The van der Waals surface area contributed by atoms with E-state index in [0.717, 1.165) is 12.1 Å². The largest absolute Gasteiger partial charge is 0.494 e. The number of ether oxygens (including phenoxy) is 2. The minimum atomic E-state index is -3.02. The predicted octanol–water partition coefficient (Wildman–Crippen LogP) is 2.74. The highest BCUT2D eigenvalue weighted by Gasteiger charge is 2.63. The monoisotopic (exact) mass is 588 g/mol. The van der Waals surface area contributed by atoms with Gasteiger partial charge >= 0.3 is 0 Å². The van der Waals surface area contributed by atoms with Crippen molar-refractivity contribution < 1.29 is 32.1 Å². The topological polar surface area (TPSA) is 150 Å². The number of anilines is 2. The zero-order valence-corrected chi connectivity index (χ0v) is 22.6. The van der Waals surface area contributed by atoms with E-state index >= 15 is 4.39 Å². The Balaban J connectivity index is 1.53. The quantitative estimate of drug-likeness (QED) is 0.262. The molecule has 3 fully saturated rings. The maximum absolute atomic E-state index is 15.3. The summed E-state index contributed by atoms with van der Waals surface area (Å²) in [5.41, 5.74) is 12.4. The summed E-state index contributed by atoms with van der Waals surface area (Å²) in [4.78, 5) is 18.8. The number of hydrogen-bond donors (Lipinski definition) is 3. The molecule has 0 amide bonds. The van der Waals surface area contributed by atoms with Gasteiger partial charge in [0.15, 0.2) is 28.8 Å². The lowest BCUT2D eigenvalue weighted by atomic mass is 9.56. The minimum Gasteiger partial charge on any atom is -0.494 e. The van der Waals surface area contributed by atoms with Gasteiger partial charge in [-0.2, -0.15) is 0 Å². The number of hydrogen-bond acceptors (Lipinski definition) is 10. The van der Waals surface area contributed by atoms with Crippen LogP contribution in [-0.4, -0.2) is 74.5 Å². The maximum atomic E-state index is 15.3. The van der Waals surface area contributed by atoms with Gasteiger partial charge in [0, 0.05) is 23.7 Å². The summed E-state index contributed by atoms with van der Waals surface area (Å²) in [6.45, 7) is 0.482. The molecule has 3 aliphatic rings. The predicted molar refractivity (Wildman–Crippen MR) is 144 cm³/mol. The summed E-state index contributed by atoms with van der Waals surface area (Å²) >= 11 is 0. The number of piperidine rings is 2. The van der Waals surface area contributed by atoms with Crippen LogP contribution in [0.15, 0.2) is 31.0 Å². The number of nitrogens with zero attached hydrogens (tertiary/aromatic N) is 6. The fourth-order valence-electron chi connectivity index (χ4n) is 6.34. The van der Waals surface area contributed by atoms with Crippen molar-refractivity contribution in [1.82, 2.24) is 24.5 Å². The molecular weight excluding hydrogens is 560 g/mol. The second-order valence-corrected chi connectivity index (χ2v) is 10.5. The number of methoxy groups -OCH3 is 2. The van der Waals surface area contributed by atoms with Gasteiger partial charge in [0.25, 0.3) is 6.43 Å². The van der Waals surface area contributed by atoms with Crippen LogP contribution in [0.25, 0.3) is 22.4 Å². The molecular formula is C27H28F4N8O3. The number of nitrogen functional groups attached to an aromatic ring is 1. The number of alkyl halides is 2. The van der Waals surface area contributed by atoms with Crippen LogP contribution in [-0.2, 0) is 6.54 Å². The second-order valence-electron chi connectivity index (χ2n) is 10.5. The highest BCUT2D eigenvalue weighted by molar-refractivity contribution is 5.81. The van der Waals surface area contributed by atoms with E-state index in [1.807, 2.05) is 4.90 Å². The van der Waals surface area contributed by atoms with E-state index < -0.39 is 35.7 Å². The average Bonchev–Trinajstić information content (AvgIpc) is 3.40. The summed E-state index contributed by atoms with van der Waals surface area (Å²) < 4.78 is 69.7. The Morgan fingerprint density at radius 1 is 1.12 bits per heavy atom. The van der Waals surface area contributed by atoms with Crippen LogP contribution >= 0.6 is 0 Å². The Morgan fingerprint density at radius 2 is 1.90 bits per heavy atom. The molecule has 1 aromatic carbocycles. The average molecular weight is 589 g/mol. The van der Waals surface area contributed by atoms with Crippen LogP contribution in [0.4, 0.5) is 29.1 Å². The van der Waals surface area contributed by atoms with E-state index in [1.165, 1.54) is 33.1 Å². The van der Waals surface area contributed by atoms with Crippen molar-refractivity contribution in [2.24, 2.45) is 11.7 Å². The van der Waals surface area contributed by atoms with Crippen LogP contribution in [0.2, 0.25) is 0 Å². The lowest BCUT2D eigenvalue weighted by Crippen LogP contribution is -2.80. The molecule has 42 heavy (non-hydrogen) atoms. The first-order valence-corrected chi connectivity index (χ1v) is 13.1. The number of halogens is 4. The highest BCUT2D eigenvalue weighted by Crippen LogP contribution is 2.52. The zero-order valence-electron chi connectivity index (χ0n) is 22.6. The van der Waals surface area contributed by atoms with E-state index in [2.05, 4.69) is 19.9 Å². The molecule has 2 unspecified atom stereocenters. The maximum Gasteiger partial charge on any atom is 0.265 e. The van der Waals surface area contributed by atoms with Gasteiger partial charge in [-0.3, -0.25) is 4.98 Å². The molecule has 4 atom stereocenters. The summed E-state index contributed by atoms with van der Waals surface area (Å²) in [5, 5.41) is 10.4. The second kappa shape index (κ2) is 10.2. The zero-order chi connectivity index (χ0) is 29.9. The molecule has 11 nitrogen and oxygen atoms in total. The van der Waals surface area contributed by atoms with Gasteiger partial charge in [-0.05, 0) is 24.8 Å². The van der Waals surface area contributed by atoms with Crippen LogP contribution in [0.1, 0.15) is 18.4 Å². The van der Waals surface area contributed by atoms with Gasteiger partial charge in [0.05, 0.1) is 50.6 Å². The summed E-state index contributed by atoms with van der Waals surface area (Å²) in [6.07, 6.45) is 0.118. The van der Waals surface area contributed by atoms with Crippen LogP contribution in [0.5, 0.6) is 11.5 Å². The van der Waals surface area contributed by atoms with Crippen LogP contribution in [0.3, 0.4) is 0 Å². The Morgan fingerprint density at radius 3 is 2.60 bits per heavy atom. The molecule has 7 rings (SSSR count). The third-order valence-corrected chi connectivity index (χ3v) is 8.52. The number of aliphatic hydroxyl groups excluding tert-OH is 1. The number of aliphatic hydroxyl groups is 1. The third-order valence-electron chi connectivity index (χ3n) is 8.52. The van der Waals surface area contributed by atoms with Crippen molar-refractivity contribution in [2.75, 3.05) is 31.4 Å². The van der Waals surface area contributed by atoms with E-state index in [-0.39, 0.29) is 41.0 Å². The smallest absolute Gasteiger partial charge is 0.265 e. The fraction of sp³-hybridized carbons (Fsp3) is 0.407. The Hall–Kier alpha value is -4.24. The first-order chi connectivity index (χ1) is 20.1. The third kappa shape index (κ3) is 4.09. The molecule has 2 bridgehead atoms. The van der Waals surface area contributed by atoms with Gasteiger partial charge in [-0.1, -0.05) is 0 Å². The van der Waals surface area contributed by atoms with Crippen molar-refractivity contribution in [2.45, 2.75) is 43.5 Å². The molecule has 0 spiro atoms. The standard InChI is InChI=1S/C27H28F4N8O3/c1-41-18-7-15(28)13(6-16(18)29)20-22(42-2)14(9-38-11-37-21-25(32)35-10-36-26(21)38)17(8-34-20)39-4-3-12-5-19(39)27(12,33)23(40)24(30)31/h6-8,10-12,19,23-24,40H,3-5,9,33H2,1-2H3,(H2,32,35,36)/t12?,19?,23-,27-/m1/s1. The number of pyridine rings is 1. The minimum absolute atomic E-state index is 0.00369. The van der Waals surface area contributed by atoms with Crippen molar-refractivity contribution in [3.05, 3.63) is 48.2 Å². The first kappa shape index (κ1) is 27.9. The Labute approximate surface area is 237 Å². The molecule has 5 heterocycles. The molecule has 0 radical (unpaired) electrons. The van der Waals surface area contributed by atoms with Crippen LogP contribution < -0.4 is 25.8 Å². The molecule has 5 N–H and O–H groups in total. The van der Waals surface area contributed by atoms with Gasteiger partial charge in [0.1, 0.15) is 29.5 Å². The molecule has 2 saturated heterocycles. The number of benzene rings is 1. The van der Waals surface area contributed by atoms with Gasteiger partial charge in [-0.15, -0.1) is 0 Å². The van der Waals surface area contributed by atoms with E-state index in [1.54, 1.807) is 4.57 Å². The van der Waals surface area contributed by atoms with Crippen molar-refractivity contribution in [3.63, 3.8) is 0 Å². The number of fused-ring (bicyclic) bond motifs is 3. The SMILES string of the molecule is COc1cc(F)c(-c2ncc(N3CCC4CC3[C@@]4(N)[C@H](O)C(F)F)c(Cn3cnc4c(N)ncnc43)c2OC)cc1F. The highest BCUT2D eigenvalue weighted by atomic mass is 19.3. The molecule has 222 valence electrons. The molecule has 4 aromatic rings. The van der Waals surface area contributed by atoms with Gasteiger partial charge < -0.3 is 35.5 Å². The molecule has 3 aromatic heterocycles. The molecule has 1 saturated carbocycles. The lowest BCUT2D eigenvalue weighted by Gasteiger charge is -2.64. The van der Waals surface area contributed by atoms with Crippen molar-refractivity contribution >= 4 is 22.7 Å². The Kier molecular flexibility index (Phi) is 6.80. The van der Waals surface area contributed by atoms with Gasteiger partial charge in [0.2, 0.25) is 0 Å².